The molecule has 0 rings (SSSR count). The van der Waals surface area contributed by atoms with E-state index in [1.807, 2.05) is 55.5 Å². The Labute approximate surface area is 536 Å². The first-order valence-electron chi connectivity index (χ1n) is 30.3. The minimum Gasteiger partial charge on any atom is -1.00 e. The van der Waals surface area contributed by atoms with Gasteiger partial charge >= 0.3 is 12.2 Å². The van der Waals surface area contributed by atoms with Crippen LogP contribution in [0.4, 0.5) is 9.59 Å². The molecule has 2 amide bonds. The number of ether oxygens (including phenoxy) is 2. The number of nitrogens with one attached hydrogen (secondary N) is 2. The number of nitrogens with zero attached hydrogens (tertiary/aromatic N) is 3. The van der Waals surface area contributed by atoms with Crippen molar-refractivity contribution in [1.82, 2.24) is 25.3 Å². The topological polar surface area (TPSA) is 172 Å². The number of hydrogen-bond donors (Lipinski definition) is 6. The maximum absolute atomic E-state index is 11.8. The zero-order valence-corrected chi connectivity index (χ0v) is 65.8. The third-order valence-corrected chi connectivity index (χ3v) is 8.60. The van der Waals surface area contributed by atoms with Gasteiger partial charge in [-0.3, -0.25) is 0 Å². The van der Waals surface area contributed by atoms with Crippen molar-refractivity contribution in [3.05, 3.63) is 0 Å². The average Bonchev–Trinajstić information content (AvgIpc) is 3.15. The Kier molecular flexibility index (Phi) is 69.3. The molecule has 16 heteroatoms. The summed E-state index contributed by atoms with van der Waals surface area (Å²) in [6, 6.07) is 0. The fourth-order valence-electron chi connectivity index (χ4n) is 5.49. The fourth-order valence-corrected chi connectivity index (χ4v) is 5.49. The van der Waals surface area contributed by atoms with Gasteiger partial charge in [0.25, 0.3) is 0 Å². The summed E-state index contributed by atoms with van der Waals surface area (Å²) in [5.41, 5.74) is 12.9. The van der Waals surface area contributed by atoms with Crippen LogP contribution in [0, 0.1) is 48.7 Å². The molecule has 13 nitrogen and oxygen atoms in total. The summed E-state index contributed by atoms with van der Waals surface area (Å²) in [6.45, 7) is 88.2. The number of hydrogen-bond acceptors (Lipinski definition) is 9. The number of carbonyl (C=O) groups is 2. The molecule has 0 spiro atoms. The van der Waals surface area contributed by atoms with Crippen LogP contribution in [0.2, 0.25) is 0 Å². The van der Waals surface area contributed by atoms with E-state index in [4.69, 9.17) is 20.9 Å². The maximum atomic E-state index is 11.8. The zero-order valence-electron chi connectivity index (χ0n) is 63.4. The van der Waals surface area contributed by atoms with Crippen LogP contribution in [0.1, 0.15) is 249 Å². The molecular weight excluding hydrogens is 1090 g/mol. The van der Waals surface area contributed by atoms with Gasteiger partial charge in [-0.1, -0.05) is 194 Å². The number of halogens is 3. The second-order valence-electron chi connectivity index (χ2n) is 34.3. The van der Waals surface area contributed by atoms with Crippen LogP contribution in [-0.4, -0.2) is 152 Å². The van der Waals surface area contributed by atoms with E-state index in [2.05, 4.69) is 248 Å². The summed E-state index contributed by atoms with van der Waals surface area (Å²) >= 11 is 0. The summed E-state index contributed by atoms with van der Waals surface area (Å²) in [6.07, 6.45) is -0.479. The molecule has 0 aliphatic carbocycles. The Bertz CT molecular complexity index is 1330. The first-order chi connectivity index (χ1) is 34.3. The summed E-state index contributed by atoms with van der Waals surface area (Å²) in [5, 5.41) is 10.9. The van der Waals surface area contributed by atoms with Crippen molar-refractivity contribution in [2.75, 3.05) is 114 Å². The van der Waals surface area contributed by atoms with Crippen molar-refractivity contribution in [3.8, 4) is 0 Å². The molecule has 0 atom stereocenters. The van der Waals surface area contributed by atoms with Gasteiger partial charge in [-0.15, -0.1) is 12.4 Å². The van der Waals surface area contributed by atoms with Crippen molar-refractivity contribution < 1.29 is 54.5 Å². The second-order valence-corrected chi connectivity index (χ2v) is 34.3. The highest BCUT2D eigenvalue weighted by Gasteiger charge is 2.25. The number of quaternary nitrogens is 2. The van der Waals surface area contributed by atoms with Crippen LogP contribution < -0.4 is 57.5 Å². The Morgan fingerprint density at radius 1 is 0.451 bits per heavy atom. The number of nitrogens with two attached hydrogens (primary N) is 4. The molecule has 0 fully saturated rings. The predicted octanol–water partition coefficient (Wildman–Crippen LogP) is 7.93. The first kappa shape index (κ1) is 109. The Morgan fingerprint density at radius 2 is 0.756 bits per heavy atom. The molecule has 0 bridgehead atoms. The van der Waals surface area contributed by atoms with Crippen LogP contribution in [0.25, 0.3) is 0 Å². The molecule has 0 aromatic carbocycles. The van der Waals surface area contributed by atoms with E-state index >= 15 is 0 Å². The van der Waals surface area contributed by atoms with Gasteiger partial charge in [-0.2, -0.15) is 0 Å². The Hall–Kier alpha value is -0.870. The molecule has 0 radical (unpaired) electrons. The average molecular weight is 1250 g/mol. The SMILES string of the molecule is CC(C)(C)CN.CC(C)(C)CN.CCN(CC(C)(C)C)C(=O)OC(C)(C)C.CCNCC(C)(C)C.CC[NH2+]CC(C)(C)C.CN(C)CC(C)(C)C.CN(CC(C)(C)C)C(=O)OC(C)(C)C.CNCC(C)(C)C.C[NH2+]CC(C)(C)C.Cl.[Cl-].[Cl-]. The van der Waals surface area contributed by atoms with Gasteiger partial charge in [0.1, 0.15) is 11.2 Å². The van der Waals surface area contributed by atoms with Crippen LogP contribution >= 0.6 is 12.4 Å². The lowest BCUT2D eigenvalue weighted by Crippen LogP contribution is -3.00. The van der Waals surface area contributed by atoms with Gasteiger partial charge in [-0.05, 0) is 147 Å². The van der Waals surface area contributed by atoms with E-state index in [0.717, 1.165) is 45.8 Å². The summed E-state index contributed by atoms with van der Waals surface area (Å²) in [4.78, 5) is 28.9. The minimum atomic E-state index is -0.414. The number of rotatable bonds is 10. The molecule has 0 saturated carbocycles. The Balaban J connectivity index is -0.0000000683. The van der Waals surface area contributed by atoms with Crippen molar-refractivity contribution >= 4 is 24.6 Å². The highest BCUT2D eigenvalue weighted by atomic mass is 35.5. The molecule has 512 valence electrons. The van der Waals surface area contributed by atoms with Crippen molar-refractivity contribution in [1.29, 1.82) is 0 Å². The summed E-state index contributed by atoms with van der Waals surface area (Å²) < 4.78 is 10.6. The maximum Gasteiger partial charge on any atom is 0.410 e. The van der Waals surface area contributed by atoms with Crippen LogP contribution in [0.5, 0.6) is 0 Å². The molecule has 0 aromatic heterocycles. The quantitative estimate of drug-likeness (QED) is 0.127. The third-order valence-electron chi connectivity index (χ3n) is 8.60. The molecule has 0 heterocycles. The van der Waals surface area contributed by atoms with Gasteiger partial charge in [0, 0.05) is 44.1 Å². The molecule has 82 heavy (non-hydrogen) atoms. The molecule has 0 aliphatic heterocycles. The van der Waals surface area contributed by atoms with Crippen molar-refractivity contribution in [3.63, 3.8) is 0 Å². The van der Waals surface area contributed by atoms with Crippen molar-refractivity contribution in [2.45, 2.75) is 260 Å². The smallest absolute Gasteiger partial charge is 0.410 e. The fraction of sp³-hybridized carbons (Fsp3) is 0.970. The minimum absolute atomic E-state index is 0. The van der Waals surface area contributed by atoms with E-state index in [1.54, 1.807) is 16.8 Å². The van der Waals surface area contributed by atoms with Crippen LogP contribution in [0.15, 0.2) is 0 Å². The highest BCUT2D eigenvalue weighted by Crippen LogP contribution is 2.19. The van der Waals surface area contributed by atoms with E-state index in [-0.39, 0.29) is 60.2 Å². The van der Waals surface area contributed by atoms with E-state index in [9.17, 15) is 9.59 Å². The molecule has 0 saturated heterocycles. The zero-order chi connectivity index (χ0) is 66.1. The third kappa shape index (κ3) is 143. The summed E-state index contributed by atoms with van der Waals surface area (Å²) in [7, 11) is 10.0. The highest BCUT2D eigenvalue weighted by molar-refractivity contribution is 5.85. The molecular formula is C66H158Cl3N9O4. The molecule has 0 unspecified atom stereocenters. The van der Waals surface area contributed by atoms with Gasteiger partial charge in [0.05, 0.1) is 26.7 Å². The van der Waals surface area contributed by atoms with Crippen molar-refractivity contribution in [2.24, 2.45) is 60.2 Å². The Morgan fingerprint density at radius 3 is 0.878 bits per heavy atom. The largest absolute Gasteiger partial charge is 1.00 e. The predicted molar refractivity (Wildman–Crippen MR) is 364 cm³/mol. The monoisotopic (exact) mass is 1250 g/mol. The van der Waals surface area contributed by atoms with Crippen LogP contribution in [0.3, 0.4) is 0 Å². The standard InChI is InChI=1S/C12H25NO2.C11H23NO2.3C7H17N.2C6H15N.2C5H13N.3ClH/c1-8-13(9-11(2,3)4)10(14)15-12(5,6)7;1-10(2,3)8-12(7)9(13)14-11(4,5)6;1-7(2,3)6-8(4)5;2*1-5-8-6-7(2,3)4;2*1-6(2,3)5-7-4;2*1-5(2,3)4-6;;;/h8-9H2,1-7H3;8H2,1-7H3;6H2,1-5H3;2*8H,5-6H2,1-4H3;2*7H,5H2,1-4H3;2*4,6H2,1-3H3;3*1H. The number of carbonyl (C=O) groups excluding carboxylic acids is 2. The van der Waals surface area contributed by atoms with Crippen LogP contribution in [-0.2, 0) is 9.47 Å². The van der Waals surface area contributed by atoms with Gasteiger partial charge in [0.15, 0.2) is 0 Å². The van der Waals surface area contributed by atoms with E-state index in [0.29, 0.717) is 51.0 Å². The van der Waals surface area contributed by atoms with E-state index in [1.165, 1.54) is 19.6 Å². The lowest BCUT2D eigenvalue weighted by molar-refractivity contribution is -0.661. The normalized spacial score (nSPS) is 11.8. The lowest BCUT2D eigenvalue weighted by atomic mass is 9.96. The molecule has 0 aliphatic rings. The molecule has 10 N–H and O–H groups in total. The van der Waals surface area contributed by atoms with Gasteiger partial charge < -0.3 is 81.7 Å². The lowest BCUT2D eigenvalue weighted by Gasteiger charge is -2.31. The first-order valence-corrected chi connectivity index (χ1v) is 30.3. The summed E-state index contributed by atoms with van der Waals surface area (Å²) in [5.74, 6) is 0. The van der Waals surface area contributed by atoms with Gasteiger partial charge in [-0.25, -0.2) is 9.59 Å². The molecule has 0 aromatic rings. The van der Waals surface area contributed by atoms with E-state index < -0.39 is 11.2 Å². The van der Waals surface area contributed by atoms with Gasteiger partial charge in [0.2, 0.25) is 0 Å². The second kappa shape index (κ2) is 52.1. The number of amides is 2.